The van der Waals surface area contributed by atoms with E-state index in [0.29, 0.717) is 30.5 Å². The number of rotatable bonds is 6. The number of hydrogen-bond donors (Lipinski definition) is 1. The van der Waals surface area contributed by atoms with E-state index in [9.17, 15) is 4.79 Å². The van der Waals surface area contributed by atoms with E-state index >= 15 is 0 Å². The van der Waals surface area contributed by atoms with E-state index in [1.807, 2.05) is 11.3 Å². The number of piperidine rings is 1. The van der Waals surface area contributed by atoms with Crippen molar-refractivity contribution in [1.29, 1.82) is 0 Å². The number of fused-ring (bicyclic) bond motifs is 2. The first kappa shape index (κ1) is 23.6. The first-order chi connectivity index (χ1) is 16.0. The van der Waals surface area contributed by atoms with Crippen molar-refractivity contribution in [3.05, 3.63) is 21.4 Å². The smallest absolute Gasteiger partial charge is 0.407 e. The molecule has 1 amide bonds. The van der Waals surface area contributed by atoms with Gasteiger partial charge in [0.2, 0.25) is 0 Å². The molecule has 0 bridgehead atoms. The fraction of sp³-hybridized carbons (Fsp3) is 0.815. The van der Waals surface area contributed by atoms with Gasteiger partial charge in [-0.1, -0.05) is 26.2 Å². The number of carbonyl (C=O) groups is 1. The van der Waals surface area contributed by atoms with Gasteiger partial charge in [0.25, 0.3) is 0 Å². The Balaban J connectivity index is 1.05. The average molecular weight is 475 g/mol. The van der Waals surface area contributed by atoms with Crippen LogP contribution < -0.4 is 5.32 Å². The highest BCUT2D eigenvalue weighted by atomic mass is 32.1. The summed E-state index contributed by atoms with van der Waals surface area (Å²) in [6.45, 7) is 8.36. The van der Waals surface area contributed by atoms with Gasteiger partial charge in [0.15, 0.2) is 0 Å². The molecule has 0 unspecified atom stereocenters. The van der Waals surface area contributed by atoms with Crippen molar-refractivity contribution in [1.82, 2.24) is 10.2 Å². The molecule has 1 N–H and O–H groups in total. The van der Waals surface area contributed by atoms with Gasteiger partial charge in [-0.2, -0.15) is 0 Å². The predicted molar refractivity (Wildman–Crippen MR) is 133 cm³/mol. The third kappa shape index (κ3) is 5.28. The quantitative estimate of drug-likeness (QED) is 0.579. The lowest BCUT2D eigenvalue weighted by atomic mass is 9.76. The summed E-state index contributed by atoms with van der Waals surface area (Å²) in [6, 6.07) is 3.27. The van der Waals surface area contributed by atoms with E-state index in [0.717, 1.165) is 58.2 Å². The van der Waals surface area contributed by atoms with Crippen molar-refractivity contribution >= 4 is 17.4 Å². The Bertz CT molecular complexity index is 814. The lowest BCUT2D eigenvalue weighted by Gasteiger charge is -2.49. The zero-order chi connectivity index (χ0) is 22.8. The number of nitrogens with zero attached hydrogens (tertiary/aromatic N) is 1. The number of ether oxygens (including phenoxy) is 2. The number of likely N-dealkylation sites (tertiary alicyclic amines) is 1. The molecule has 6 heteroatoms. The molecule has 2 aliphatic heterocycles. The molecule has 1 aromatic rings. The van der Waals surface area contributed by atoms with Crippen LogP contribution in [-0.4, -0.2) is 49.4 Å². The Kier molecular flexibility index (Phi) is 7.34. The molecule has 2 saturated carbocycles. The van der Waals surface area contributed by atoms with Crippen LogP contribution in [0.4, 0.5) is 4.79 Å². The van der Waals surface area contributed by atoms with Crippen molar-refractivity contribution in [3.8, 4) is 0 Å². The van der Waals surface area contributed by atoms with E-state index in [4.69, 9.17) is 9.47 Å². The molecular formula is C27H42N2O3S. The number of alkyl carbamates (subject to hydrolysis) is 1. The number of carbonyl (C=O) groups excluding carboxylic acids is 1. The Labute approximate surface area is 203 Å². The SMILES string of the molecule is CCc1cc2c(s1)CCO[C@@]21CCN(C[C@H]2C[C@@H](NC(=O)OCC3CCCCC3)C2)[C@@H](C)C1. The van der Waals surface area contributed by atoms with E-state index in [1.165, 1.54) is 42.5 Å². The van der Waals surface area contributed by atoms with Crippen LogP contribution in [0.25, 0.3) is 0 Å². The Hall–Kier alpha value is -1.11. The first-order valence-electron chi connectivity index (χ1n) is 13.5. The first-order valence-corrected chi connectivity index (χ1v) is 14.3. The largest absolute Gasteiger partial charge is 0.449 e. The molecule has 1 aromatic heterocycles. The number of nitrogens with one attached hydrogen (secondary N) is 1. The fourth-order valence-electron chi connectivity index (χ4n) is 6.64. The third-order valence-corrected chi connectivity index (χ3v) is 10.0. The summed E-state index contributed by atoms with van der Waals surface area (Å²) in [6.07, 6.45) is 12.7. The molecule has 0 aromatic carbocycles. The second-order valence-electron chi connectivity index (χ2n) is 11.1. The summed E-state index contributed by atoms with van der Waals surface area (Å²) in [5, 5.41) is 3.10. The van der Waals surface area contributed by atoms with Crippen molar-refractivity contribution in [2.45, 2.75) is 102 Å². The summed E-state index contributed by atoms with van der Waals surface area (Å²) in [4.78, 5) is 17.9. The minimum absolute atomic E-state index is 0.0563. The van der Waals surface area contributed by atoms with Crippen LogP contribution in [0, 0.1) is 11.8 Å². The normalized spacial score (nSPS) is 32.8. The van der Waals surface area contributed by atoms with Crippen LogP contribution in [0.5, 0.6) is 0 Å². The Morgan fingerprint density at radius 2 is 2.09 bits per heavy atom. The monoisotopic (exact) mass is 474 g/mol. The van der Waals surface area contributed by atoms with Gasteiger partial charge in [0.05, 0.1) is 18.8 Å². The lowest BCUT2D eigenvalue weighted by Crippen LogP contribution is -2.54. The highest BCUT2D eigenvalue weighted by Crippen LogP contribution is 2.46. The predicted octanol–water partition coefficient (Wildman–Crippen LogP) is 5.65. The van der Waals surface area contributed by atoms with Gasteiger partial charge >= 0.3 is 6.09 Å². The molecule has 5 nitrogen and oxygen atoms in total. The van der Waals surface area contributed by atoms with E-state index < -0.39 is 0 Å². The fourth-order valence-corrected chi connectivity index (χ4v) is 7.81. The summed E-state index contributed by atoms with van der Waals surface area (Å²) in [7, 11) is 0. The van der Waals surface area contributed by atoms with Crippen LogP contribution in [0.15, 0.2) is 6.07 Å². The molecule has 3 heterocycles. The minimum Gasteiger partial charge on any atom is -0.449 e. The number of amides is 1. The van der Waals surface area contributed by atoms with Crippen molar-refractivity contribution < 1.29 is 14.3 Å². The van der Waals surface area contributed by atoms with Gasteiger partial charge in [-0.15, -0.1) is 11.3 Å². The second kappa shape index (κ2) is 10.2. The van der Waals surface area contributed by atoms with Crippen molar-refractivity contribution in [3.63, 3.8) is 0 Å². The number of aryl methyl sites for hydroxylation is 1. The molecule has 4 aliphatic rings. The van der Waals surface area contributed by atoms with Gasteiger partial charge in [-0.25, -0.2) is 4.79 Å². The van der Waals surface area contributed by atoms with E-state index in [1.54, 1.807) is 4.88 Å². The number of hydrogen-bond acceptors (Lipinski definition) is 5. The summed E-state index contributed by atoms with van der Waals surface area (Å²) in [5.74, 6) is 1.26. The van der Waals surface area contributed by atoms with Crippen LogP contribution in [0.2, 0.25) is 0 Å². The van der Waals surface area contributed by atoms with Crippen LogP contribution >= 0.6 is 11.3 Å². The third-order valence-electron chi connectivity index (χ3n) is 8.68. The van der Waals surface area contributed by atoms with Gasteiger partial charge < -0.3 is 19.7 Å². The van der Waals surface area contributed by atoms with Gasteiger partial charge in [-0.3, -0.25) is 0 Å². The maximum atomic E-state index is 12.2. The van der Waals surface area contributed by atoms with Crippen LogP contribution in [-0.2, 0) is 27.9 Å². The van der Waals surface area contributed by atoms with Crippen molar-refractivity contribution in [2.75, 3.05) is 26.3 Å². The molecule has 2 atom stereocenters. The maximum absolute atomic E-state index is 12.2. The molecule has 1 spiro atoms. The Morgan fingerprint density at radius 1 is 1.27 bits per heavy atom. The molecule has 2 aliphatic carbocycles. The standard InChI is InChI=1S/C27H42N2O3S/c1-3-23-15-24-25(33-23)9-12-32-27(24)10-11-29(19(2)16-27)17-21-13-22(14-21)28-26(30)31-18-20-7-5-4-6-8-20/h15,19-22H,3-14,16-18H2,1-2H3,(H,28,30)/t19-,21-,22+,27+/m0/s1. The van der Waals surface area contributed by atoms with E-state index in [-0.39, 0.29) is 11.7 Å². The van der Waals surface area contributed by atoms with Crippen molar-refractivity contribution in [2.24, 2.45) is 11.8 Å². The van der Waals surface area contributed by atoms with Crippen LogP contribution in [0.3, 0.4) is 0 Å². The molecule has 1 saturated heterocycles. The van der Waals surface area contributed by atoms with Crippen LogP contribution in [0.1, 0.15) is 87.0 Å². The van der Waals surface area contributed by atoms with Gasteiger partial charge in [0.1, 0.15) is 0 Å². The minimum atomic E-state index is -0.204. The van der Waals surface area contributed by atoms with Gasteiger partial charge in [0, 0.05) is 41.3 Å². The number of thiophene rings is 1. The summed E-state index contributed by atoms with van der Waals surface area (Å²) < 4.78 is 12.0. The maximum Gasteiger partial charge on any atom is 0.407 e. The van der Waals surface area contributed by atoms with Gasteiger partial charge in [-0.05, 0) is 75.3 Å². The topological polar surface area (TPSA) is 50.8 Å². The summed E-state index contributed by atoms with van der Waals surface area (Å²) >= 11 is 2.01. The molecule has 33 heavy (non-hydrogen) atoms. The molecule has 5 rings (SSSR count). The lowest BCUT2D eigenvalue weighted by molar-refractivity contribution is -0.114. The zero-order valence-electron chi connectivity index (χ0n) is 20.6. The highest BCUT2D eigenvalue weighted by Gasteiger charge is 2.45. The molecule has 0 radical (unpaired) electrons. The van der Waals surface area contributed by atoms with E-state index in [2.05, 4.69) is 30.1 Å². The molecule has 3 fully saturated rings. The highest BCUT2D eigenvalue weighted by molar-refractivity contribution is 7.12. The molecule has 184 valence electrons. The Morgan fingerprint density at radius 3 is 2.85 bits per heavy atom. The summed E-state index contributed by atoms with van der Waals surface area (Å²) in [5.41, 5.74) is 1.45. The average Bonchev–Trinajstić information content (AvgIpc) is 3.24. The zero-order valence-corrected chi connectivity index (χ0v) is 21.4. The second-order valence-corrected chi connectivity index (χ2v) is 12.3. The molecular weight excluding hydrogens is 432 g/mol.